The number of carbonyl (C=O) groups excluding carboxylic acids is 1. The number of nitrogens with zero attached hydrogens (tertiary/aromatic N) is 2. The van der Waals surface area contributed by atoms with Gasteiger partial charge in [0.2, 0.25) is 5.91 Å². The van der Waals surface area contributed by atoms with Crippen LogP contribution in [0.15, 0.2) is 47.8 Å². The first kappa shape index (κ1) is 16.9. The predicted octanol–water partition coefficient (Wildman–Crippen LogP) is 4.78. The fourth-order valence-corrected chi connectivity index (χ4v) is 4.27. The van der Waals surface area contributed by atoms with Crippen LogP contribution in [-0.4, -0.2) is 17.4 Å². The first-order chi connectivity index (χ1) is 12.6. The molecule has 0 spiro atoms. The Labute approximate surface area is 156 Å². The number of amides is 1. The third-order valence-corrected chi connectivity index (χ3v) is 5.53. The van der Waals surface area contributed by atoms with Gasteiger partial charge in [-0.1, -0.05) is 36.4 Å². The van der Waals surface area contributed by atoms with E-state index < -0.39 is 0 Å². The van der Waals surface area contributed by atoms with Gasteiger partial charge in [-0.15, -0.1) is 11.3 Å². The number of hydrogen-bond donors (Lipinski definition) is 0. The van der Waals surface area contributed by atoms with Crippen LogP contribution in [0.5, 0.6) is 0 Å². The maximum Gasteiger partial charge on any atom is 0.233 e. The largest absolute Gasteiger partial charge is 0.309 e. The van der Waals surface area contributed by atoms with E-state index >= 15 is 0 Å². The first-order valence-corrected chi connectivity index (χ1v) is 9.59. The van der Waals surface area contributed by atoms with E-state index in [1.165, 1.54) is 17.4 Å². The summed E-state index contributed by atoms with van der Waals surface area (Å²) in [7, 11) is 0. The van der Waals surface area contributed by atoms with Gasteiger partial charge in [0.15, 0.2) is 0 Å². The third kappa shape index (κ3) is 3.27. The molecule has 0 aliphatic carbocycles. The molecule has 2 aromatic carbocycles. The minimum Gasteiger partial charge on any atom is -0.309 e. The lowest BCUT2D eigenvalue weighted by molar-refractivity contribution is -0.118. The molecule has 1 amide bonds. The Morgan fingerprint density at radius 3 is 2.88 bits per heavy atom. The topological polar surface area (TPSA) is 33.2 Å². The molecule has 1 aliphatic heterocycles. The highest BCUT2D eigenvalue weighted by atomic mass is 32.1. The molecule has 3 aromatic rings. The van der Waals surface area contributed by atoms with Gasteiger partial charge in [-0.05, 0) is 37.0 Å². The summed E-state index contributed by atoms with van der Waals surface area (Å²) in [5, 5.41) is 2.81. The molecule has 0 unspecified atom stereocenters. The number of aryl methyl sites for hydroxylation is 2. The quantitative estimate of drug-likeness (QED) is 0.668. The Morgan fingerprint density at radius 1 is 1.27 bits per heavy atom. The zero-order valence-corrected chi connectivity index (χ0v) is 15.4. The number of halogens is 1. The Bertz CT molecular complexity index is 952. The second-order valence-corrected chi connectivity index (χ2v) is 7.45. The highest BCUT2D eigenvalue weighted by Gasteiger charge is 2.26. The van der Waals surface area contributed by atoms with E-state index in [9.17, 15) is 9.18 Å². The molecule has 132 valence electrons. The molecule has 0 fully saturated rings. The summed E-state index contributed by atoms with van der Waals surface area (Å²) in [6.45, 7) is 2.44. The molecular weight excluding hydrogens is 347 g/mol. The van der Waals surface area contributed by atoms with Crippen molar-refractivity contribution in [2.45, 2.75) is 26.2 Å². The number of thiazole rings is 1. The second kappa shape index (κ2) is 7.00. The Balaban J connectivity index is 1.56. The molecule has 3 nitrogen and oxygen atoms in total. The summed E-state index contributed by atoms with van der Waals surface area (Å²) in [6.07, 6.45) is 1.86. The van der Waals surface area contributed by atoms with Crippen LogP contribution in [0.25, 0.3) is 10.6 Å². The van der Waals surface area contributed by atoms with Crippen LogP contribution >= 0.6 is 11.3 Å². The highest BCUT2D eigenvalue weighted by Crippen LogP contribution is 2.32. The number of anilines is 1. The number of aromatic nitrogens is 1. The molecule has 1 aromatic heterocycles. The van der Waals surface area contributed by atoms with Gasteiger partial charge < -0.3 is 4.90 Å². The van der Waals surface area contributed by atoms with Crippen molar-refractivity contribution in [3.05, 3.63) is 70.5 Å². The molecule has 1 aliphatic rings. The highest BCUT2D eigenvalue weighted by molar-refractivity contribution is 7.13. The van der Waals surface area contributed by atoms with Crippen molar-refractivity contribution < 1.29 is 9.18 Å². The third-order valence-electron chi connectivity index (χ3n) is 4.59. The fourth-order valence-electron chi connectivity index (χ4n) is 3.44. The van der Waals surface area contributed by atoms with Crippen molar-refractivity contribution in [2.75, 3.05) is 11.4 Å². The number of carbonyl (C=O) groups is 1. The maximum absolute atomic E-state index is 14.5. The van der Waals surface area contributed by atoms with E-state index in [2.05, 4.69) is 4.98 Å². The lowest BCUT2D eigenvalue weighted by Crippen LogP contribution is -2.37. The van der Waals surface area contributed by atoms with Crippen molar-refractivity contribution in [2.24, 2.45) is 0 Å². The number of benzene rings is 2. The van der Waals surface area contributed by atoms with Crippen LogP contribution < -0.4 is 4.90 Å². The summed E-state index contributed by atoms with van der Waals surface area (Å²) in [6, 6.07) is 13.4. The van der Waals surface area contributed by atoms with Crippen LogP contribution in [0, 0.1) is 12.7 Å². The molecule has 2 heterocycles. The van der Waals surface area contributed by atoms with Crippen molar-refractivity contribution in [1.82, 2.24) is 4.98 Å². The lowest BCUT2D eigenvalue weighted by atomic mass is 9.98. The molecule has 0 radical (unpaired) electrons. The average molecular weight is 366 g/mol. The molecule has 0 saturated heterocycles. The summed E-state index contributed by atoms with van der Waals surface area (Å²) in [5.41, 5.74) is 4.04. The molecule has 0 atom stereocenters. The summed E-state index contributed by atoms with van der Waals surface area (Å²) in [5.74, 6) is -0.407. The van der Waals surface area contributed by atoms with E-state index in [0.29, 0.717) is 12.2 Å². The molecule has 26 heavy (non-hydrogen) atoms. The minimum atomic E-state index is -0.309. The van der Waals surface area contributed by atoms with Crippen LogP contribution in [0.1, 0.15) is 23.2 Å². The normalized spacial score (nSPS) is 13.5. The van der Waals surface area contributed by atoms with Gasteiger partial charge in [0.1, 0.15) is 10.8 Å². The smallest absolute Gasteiger partial charge is 0.233 e. The molecule has 0 N–H and O–H groups in total. The summed E-state index contributed by atoms with van der Waals surface area (Å²) < 4.78 is 14.5. The summed E-state index contributed by atoms with van der Waals surface area (Å²) >= 11 is 1.53. The van der Waals surface area contributed by atoms with Gasteiger partial charge in [0.05, 0.1) is 17.8 Å². The van der Waals surface area contributed by atoms with Gasteiger partial charge in [-0.3, -0.25) is 4.79 Å². The number of hydrogen-bond acceptors (Lipinski definition) is 3. The van der Waals surface area contributed by atoms with Gasteiger partial charge in [-0.25, -0.2) is 9.37 Å². The van der Waals surface area contributed by atoms with Crippen molar-refractivity contribution in [3.8, 4) is 10.6 Å². The maximum atomic E-state index is 14.5. The zero-order chi connectivity index (χ0) is 18.1. The van der Waals surface area contributed by atoms with Crippen LogP contribution in [0.4, 0.5) is 10.1 Å². The zero-order valence-electron chi connectivity index (χ0n) is 14.5. The average Bonchev–Trinajstić information content (AvgIpc) is 3.10. The van der Waals surface area contributed by atoms with E-state index in [1.54, 1.807) is 4.90 Å². The molecular formula is C21H19FN2OS. The van der Waals surface area contributed by atoms with E-state index in [1.807, 2.05) is 48.7 Å². The minimum absolute atomic E-state index is 0.0985. The van der Waals surface area contributed by atoms with Crippen LogP contribution in [-0.2, 0) is 17.6 Å². The van der Waals surface area contributed by atoms with Gasteiger partial charge in [-0.2, -0.15) is 0 Å². The van der Waals surface area contributed by atoms with E-state index in [0.717, 1.165) is 40.2 Å². The second-order valence-electron chi connectivity index (χ2n) is 6.59. The SMILES string of the molecule is Cc1cc(F)c2c(c1)CCCN2C(=O)Cc1csc(-c2ccccc2)n1. The molecule has 5 heteroatoms. The Kier molecular flexibility index (Phi) is 4.55. The molecule has 0 saturated carbocycles. The van der Waals surface area contributed by atoms with Crippen molar-refractivity contribution in [3.63, 3.8) is 0 Å². The van der Waals surface area contributed by atoms with Crippen molar-refractivity contribution >= 4 is 22.9 Å². The number of fused-ring (bicyclic) bond motifs is 1. The van der Waals surface area contributed by atoms with Crippen LogP contribution in [0.2, 0.25) is 0 Å². The van der Waals surface area contributed by atoms with E-state index in [-0.39, 0.29) is 18.1 Å². The van der Waals surface area contributed by atoms with Crippen LogP contribution in [0.3, 0.4) is 0 Å². The predicted molar refractivity (Wildman–Crippen MR) is 103 cm³/mol. The standard InChI is InChI=1S/C21H19FN2OS/c1-14-10-16-8-5-9-24(20(16)18(22)11-14)19(25)12-17-13-26-21(23-17)15-6-3-2-4-7-15/h2-4,6-7,10-11,13H,5,8-9,12H2,1H3. The van der Waals surface area contributed by atoms with Gasteiger partial charge in [0.25, 0.3) is 0 Å². The first-order valence-electron chi connectivity index (χ1n) is 8.71. The van der Waals surface area contributed by atoms with Gasteiger partial charge in [0, 0.05) is 17.5 Å². The Morgan fingerprint density at radius 2 is 2.08 bits per heavy atom. The molecule has 4 rings (SSSR count). The monoisotopic (exact) mass is 366 g/mol. The summed E-state index contributed by atoms with van der Waals surface area (Å²) in [4.78, 5) is 19.0. The number of rotatable bonds is 3. The lowest BCUT2D eigenvalue weighted by Gasteiger charge is -2.30. The van der Waals surface area contributed by atoms with Gasteiger partial charge >= 0.3 is 0 Å². The fraction of sp³-hybridized carbons (Fsp3) is 0.238. The molecule has 0 bridgehead atoms. The Hall–Kier alpha value is -2.53. The van der Waals surface area contributed by atoms with E-state index in [4.69, 9.17) is 0 Å². The van der Waals surface area contributed by atoms with Crippen molar-refractivity contribution in [1.29, 1.82) is 0 Å².